The number of nitrogens with one attached hydrogen (secondary N) is 1. The third-order valence-corrected chi connectivity index (χ3v) is 4.25. The molecule has 0 spiro atoms. The Hall–Kier alpha value is -3.08. The highest BCUT2D eigenvalue weighted by atomic mass is 16.2. The van der Waals surface area contributed by atoms with Gasteiger partial charge in [0.2, 0.25) is 0 Å². The molecule has 0 saturated heterocycles. The van der Waals surface area contributed by atoms with Crippen LogP contribution >= 0.6 is 0 Å². The van der Waals surface area contributed by atoms with E-state index in [1.807, 2.05) is 55.5 Å². The van der Waals surface area contributed by atoms with Crippen LogP contribution in [0, 0.1) is 6.92 Å². The van der Waals surface area contributed by atoms with Crippen LogP contribution < -0.4 is 5.43 Å². The van der Waals surface area contributed by atoms with Gasteiger partial charge in [-0.05, 0) is 44.0 Å². The van der Waals surface area contributed by atoms with Gasteiger partial charge in [0.25, 0.3) is 5.91 Å². The van der Waals surface area contributed by atoms with Crippen molar-refractivity contribution in [1.82, 2.24) is 15.4 Å². The fraction of sp³-hybridized carbons (Fsp3) is 0.200. The summed E-state index contributed by atoms with van der Waals surface area (Å²) in [5.41, 5.74) is 6.68. The zero-order valence-corrected chi connectivity index (χ0v) is 13.9. The number of para-hydroxylation sites is 1. The summed E-state index contributed by atoms with van der Waals surface area (Å²) >= 11 is 0. The molecular formula is C20H18N4O. The third-order valence-electron chi connectivity index (χ3n) is 4.25. The third kappa shape index (κ3) is 3.40. The number of benzene rings is 1. The number of aromatic nitrogens is 2. The normalized spacial score (nSPS) is 14.1. The van der Waals surface area contributed by atoms with Gasteiger partial charge in [-0.2, -0.15) is 5.10 Å². The molecule has 0 atom stereocenters. The summed E-state index contributed by atoms with van der Waals surface area (Å²) < 4.78 is 0. The SMILES string of the molecule is Cc1cccc(C=NNC(=O)c2cc(C3CC3)nc3ccccc23)n1. The van der Waals surface area contributed by atoms with Crippen molar-refractivity contribution in [3.05, 3.63) is 71.2 Å². The Bertz CT molecular complexity index is 976. The second-order valence-corrected chi connectivity index (χ2v) is 6.29. The highest BCUT2D eigenvalue weighted by molar-refractivity contribution is 6.06. The van der Waals surface area contributed by atoms with E-state index in [-0.39, 0.29) is 5.91 Å². The lowest BCUT2D eigenvalue weighted by Gasteiger charge is -2.08. The summed E-state index contributed by atoms with van der Waals surface area (Å²) in [6, 6.07) is 15.3. The fourth-order valence-corrected chi connectivity index (χ4v) is 2.83. The Balaban J connectivity index is 1.61. The first-order valence-corrected chi connectivity index (χ1v) is 8.37. The summed E-state index contributed by atoms with van der Waals surface area (Å²) in [4.78, 5) is 21.7. The Kier molecular flexibility index (Phi) is 3.98. The van der Waals surface area contributed by atoms with Crippen molar-refractivity contribution in [3.8, 4) is 0 Å². The van der Waals surface area contributed by atoms with Crippen molar-refractivity contribution in [1.29, 1.82) is 0 Å². The standard InChI is InChI=1S/C20H18N4O/c1-13-5-4-6-15(22-13)12-21-24-20(25)17-11-19(14-9-10-14)23-18-8-3-2-7-16(17)18/h2-8,11-12,14H,9-10H2,1H3,(H,24,25). The molecule has 2 aromatic heterocycles. The summed E-state index contributed by atoms with van der Waals surface area (Å²) in [5.74, 6) is 0.251. The lowest BCUT2D eigenvalue weighted by Crippen LogP contribution is -2.18. The van der Waals surface area contributed by atoms with E-state index in [0.717, 1.165) is 35.1 Å². The zero-order valence-electron chi connectivity index (χ0n) is 13.9. The number of aryl methyl sites for hydroxylation is 1. The van der Waals surface area contributed by atoms with E-state index >= 15 is 0 Å². The van der Waals surface area contributed by atoms with Crippen molar-refractivity contribution in [3.63, 3.8) is 0 Å². The van der Waals surface area contributed by atoms with Gasteiger partial charge in [-0.1, -0.05) is 24.3 Å². The van der Waals surface area contributed by atoms with Gasteiger partial charge >= 0.3 is 0 Å². The largest absolute Gasteiger partial charge is 0.272 e. The van der Waals surface area contributed by atoms with Crippen LogP contribution in [0.5, 0.6) is 0 Å². The monoisotopic (exact) mass is 330 g/mol. The maximum atomic E-state index is 12.6. The zero-order chi connectivity index (χ0) is 17.2. The van der Waals surface area contributed by atoms with Gasteiger partial charge in [-0.15, -0.1) is 0 Å². The molecule has 25 heavy (non-hydrogen) atoms. The Morgan fingerprint density at radius 2 is 2.00 bits per heavy atom. The van der Waals surface area contributed by atoms with Gasteiger partial charge in [0.05, 0.1) is 23.0 Å². The number of rotatable bonds is 4. The molecule has 0 radical (unpaired) electrons. The van der Waals surface area contributed by atoms with Crippen molar-refractivity contribution in [2.75, 3.05) is 0 Å². The number of hydrogen-bond acceptors (Lipinski definition) is 4. The molecule has 1 amide bonds. The van der Waals surface area contributed by atoms with Gasteiger partial charge < -0.3 is 0 Å². The second-order valence-electron chi connectivity index (χ2n) is 6.29. The molecule has 1 N–H and O–H groups in total. The van der Waals surface area contributed by atoms with Crippen LogP contribution in [0.2, 0.25) is 0 Å². The van der Waals surface area contributed by atoms with Crippen LogP contribution in [0.1, 0.15) is 46.2 Å². The number of carbonyl (C=O) groups excluding carboxylic acids is 1. The minimum Gasteiger partial charge on any atom is -0.267 e. The highest BCUT2D eigenvalue weighted by Crippen LogP contribution is 2.40. The average Bonchev–Trinajstić information content (AvgIpc) is 3.46. The van der Waals surface area contributed by atoms with Crippen LogP contribution in [0.4, 0.5) is 0 Å². The van der Waals surface area contributed by atoms with E-state index in [1.54, 1.807) is 6.21 Å². The van der Waals surface area contributed by atoms with Gasteiger partial charge in [0.1, 0.15) is 0 Å². The minimum atomic E-state index is -0.232. The number of amides is 1. The topological polar surface area (TPSA) is 67.2 Å². The van der Waals surface area contributed by atoms with Gasteiger partial charge in [0, 0.05) is 22.7 Å². The molecule has 1 aliphatic rings. The fourth-order valence-electron chi connectivity index (χ4n) is 2.83. The van der Waals surface area contributed by atoms with E-state index in [4.69, 9.17) is 0 Å². The number of hydrazone groups is 1. The molecule has 5 heteroatoms. The van der Waals surface area contributed by atoms with Crippen LogP contribution in [0.3, 0.4) is 0 Å². The van der Waals surface area contributed by atoms with Crippen LogP contribution in [-0.2, 0) is 0 Å². The van der Waals surface area contributed by atoms with E-state index < -0.39 is 0 Å². The Labute approximate surface area is 145 Å². The quantitative estimate of drug-likeness (QED) is 0.587. The number of carbonyl (C=O) groups is 1. The van der Waals surface area contributed by atoms with Crippen molar-refractivity contribution < 1.29 is 4.79 Å². The van der Waals surface area contributed by atoms with Crippen molar-refractivity contribution in [2.24, 2.45) is 5.10 Å². The van der Waals surface area contributed by atoms with Crippen LogP contribution in [-0.4, -0.2) is 22.1 Å². The molecule has 2 heterocycles. The predicted molar refractivity (Wildman–Crippen MR) is 97.8 cm³/mol. The second kappa shape index (κ2) is 6.43. The van der Waals surface area contributed by atoms with Crippen molar-refractivity contribution in [2.45, 2.75) is 25.7 Å². The maximum absolute atomic E-state index is 12.6. The Morgan fingerprint density at radius 3 is 2.80 bits per heavy atom. The molecule has 1 fully saturated rings. The molecule has 0 unspecified atom stereocenters. The first-order valence-electron chi connectivity index (χ1n) is 8.37. The van der Waals surface area contributed by atoms with Gasteiger partial charge in [0.15, 0.2) is 0 Å². The molecule has 0 bridgehead atoms. The smallest absolute Gasteiger partial charge is 0.267 e. The van der Waals surface area contributed by atoms with E-state index in [1.165, 1.54) is 0 Å². The highest BCUT2D eigenvalue weighted by Gasteiger charge is 2.26. The summed E-state index contributed by atoms with van der Waals surface area (Å²) in [6.07, 6.45) is 3.84. The summed E-state index contributed by atoms with van der Waals surface area (Å²) in [5, 5.41) is 4.89. The molecule has 1 aliphatic carbocycles. The summed E-state index contributed by atoms with van der Waals surface area (Å²) in [7, 11) is 0. The number of fused-ring (bicyclic) bond motifs is 1. The van der Waals surface area contributed by atoms with Crippen molar-refractivity contribution >= 4 is 23.0 Å². The molecule has 124 valence electrons. The molecule has 0 aliphatic heterocycles. The molecule has 3 aromatic rings. The number of nitrogens with zero attached hydrogens (tertiary/aromatic N) is 3. The van der Waals surface area contributed by atoms with Crippen LogP contribution in [0.15, 0.2) is 53.6 Å². The average molecular weight is 330 g/mol. The Morgan fingerprint density at radius 1 is 1.16 bits per heavy atom. The van der Waals surface area contributed by atoms with Crippen LogP contribution in [0.25, 0.3) is 10.9 Å². The molecule has 4 rings (SSSR count). The van der Waals surface area contributed by atoms with E-state index in [0.29, 0.717) is 17.2 Å². The molecular weight excluding hydrogens is 312 g/mol. The first-order chi connectivity index (χ1) is 12.2. The lowest BCUT2D eigenvalue weighted by atomic mass is 10.1. The molecule has 1 saturated carbocycles. The van der Waals surface area contributed by atoms with E-state index in [9.17, 15) is 4.79 Å². The summed E-state index contributed by atoms with van der Waals surface area (Å²) in [6.45, 7) is 1.92. The van der Waals surface area contributed by atoms with Gasteiger partial charge in [-0.3, -0.25) is 14.8 Å². The first kappa shape index (κ1) is 15.4. The molecule has 5 nitrogen and oxygen atoms in total. The maximum Gasteiger partial charge on any atom is 0.272 e. The van der Waals surface area contributed by atoms with E-state index in [2.05, 4.69) is 20.5 Å². The number of pyridine rings is 2. The lowest BCUT2D eigenvalue weighted by molar-refractivity contribution is 0.0956. The molecule has 1 aromatic carbocycles. The van der Waals surface area contributed by atoms with Gasteiger partial charge in [-0.25, -0.2) is 5.43 Å². The number of hydrogen-bond donors (Lipinski definition) is 1. The predicted octanol–water partition coefficient (Wildman–Crippen LogP) is 3.58. The minimum absolute atomic E-state index is 0.232.